The average molecular weight is 603 g/mol. The molecule has 9 unspecified atom stereocenters. The fourth-order valence-corrected chi connectivity index (χ4v) is 8.72. The van der Waals surface area contributed by atoms with Gasteiger partial charge in [-0.1, -0.05) is 107 Å². The van der Waals surface area contributed by atoms with Crippen molar-refractivity contribution in [2.24, 2.45) is 64.1 Å². The highest BCUT2D eigenvalue weighted by atomic mass is 16.5. The van der Waals surface area contributed by atoms with Crippen LogP contribution in [0.25, 0.3) is 0 Å². The van der Waals surface area contributed by atoms with Gasteiger partial charge in [0.2, 0.25) is 0 Å². The Balaban J connectivity index is 1.55. The second-order valence-corrected chi connectivity index (χ2v) is 18.1. The van der Waals surface area contributed by atoms with Gasteiger partial charge in [-0.25, -0.2) is 0 Å². The Hall–Kier alpha value is -1.06. The molecular formula is C39H70O4. The number of esters is 2. The fourth-order valence-electron chi connectivity index (χ4n) is 8.72. The molecule has 0 radical (unpaired) electrons. The molecule has 3 aliphatic rings. The molecule has 9 atom stereocenters. The SMILES string of the molecule is CC1CCC(COC(=O)C2CCCC(C)C2C(=O)OCC2CCC(C)CC2CCCC(C)(C)C)C(CCCC(C)(C)C)C1. The maximum atomic E-state index is 13.6. The molecule has 4 nitrogen and oxygen atoms in total. The first-order valence-corrected chi connectivity index (χ1v) is 18.5. The van der Waals surface area contributed by atoms with E-state index >= 15 is 0 Å². The summed E-state index contributed by atoms with van der Waals surface area (Å²) in [6.07, 6.45) is 17.4. The zero-order valence-corrected chi connectivity index (χ0v) is 29.8. The van der Waals surface area contributed by atoms with E-state index in [-0.39, 0.29) is 29.7 Å². The maximum absolute atomic E-state index is 13.6. The Morgan fingerprint density at radius 2 is 1.07 bits per heavy atom. The van der Waals surface area contributed by atoms with Crippen LogP contribution < -0.4 is 0 Å². The van der Waals surface area contributed by atoms with Crippen LogP contribution in [0.3, 0.4) is 0 Å². The van der Waals surface area contributed by atoms with E-state index in [1.54, 1.807) is 0 Å². The van der Waals surface area contributed by atoms with Gasteiger partial charge in [0.25, 0.3) is 0 Å². The molecule has 0 saturated heterocycles. The van der Waals surface area contributed by atoms with E-state index in [0.29, 0.717) is 47.7 Å². The predicted molar refractivity (Wildman–Crippen MR) is 179 cm³/mol. The van der Waals surface area contributed by atoms with Crippen LogP contribution in [0.15, 0.2) is 0 Å². The predicted octanol–water partition coefficient (Wildman–Crippen LogP) is 10.7. The van der Waals surface area contributed by atoms with Crippen molar-refractivity contribution in [3.8, 4) is 0 Å². The lowest BCUT2D eigenvalue weighted by Crippen LogP contribution is -2.41. The minimum atomic E-state index is -0.364. The third kappa shape index (κ3) is 12.3. The van der Waals surface area contributed by atoms with Crippen molar-refractivity contribution in [1.82, 2.24) is 0 Å². The normalized spacial score (nSPS) is 34.0. The molecule has 0 bridgehead atoms. The van der Waals surface area contributed by atoms with Gasteiger partial charge in [0.05, 0.1) is 25.0 Å². The number of carbonyl (C=O) groups is 2. The van der Waals surface area contributed by atoms with Crippen LogP contribution in [0.5, 0.6) is 0 Å². The van der Waals surface area contributed by atoms with Crippen molar-refractivity contribution in [2.75, 3.05) is 13.2 Å². The second kappa shape index (κ2) is 16.5. The van der Waals surface area contributed by atoms with Gasteiger partial charge >= 0.3 is 11.9 Å². The van der Waals surface area contributed by atoms with Gasteiger partial charge in [0.15, 0.2) is 0 Å². The fraction of sp³-hybridized carbons (Fsp3) is 0.949. The molecular weight excluding hydrogens is 532 g/mol. The van der Waals surface area contributed by atoms with Crippen LogP contribution in [0, 0.1) is 64.1 Å². The lowest BCUT2D eigenvalue weighted by atomic mass is 9.71. The van der Waals surface area contributed by atoms with Crippen molar-refractivity contribution in [1.29, 1.82) is 0 Å². The zero-order valence-electron chi connectivity index (χ0n) is 29.8. The van der Waals surface area contributed by atoms with Crippen molar-refractivity contribution >= 4 is 11.9 Å². The summed E-state index contributed by atoms with van der Waals surface area (Å²) in [5.74, 6) is 2.85. The molecule has 3 saturated carbocycles. The topological polar surface area (TPSA) is 52.6 Å². The van der Waals surface area contributed by atoms with E-state index in [1.165, 1.54) is 64.2 Å². The minimum Gasteiger partial charge on any atom is -0.465 e. The number of rotatable bonds is 12. The van der Waals surface area contributed by atoms with Crippen LogP contribution in [-0.4, -0.2) is 25.2 Å². The highest BCUT2D eigenvalue weighted by Crippen LogP contribution is 2.41. The molecule has 250 valence electrons. The molecule has 3 aliphatic carbocycles. The molecule has 0 aliphatic heterocycles. The molecule has 43 heavy (non-hydrogen) atoms. The lowest BCUT2D eigenvalue weighted by molar-refractivity contribution is -0.168. The van der Waals surface area contributed by atoms with Crippen molar-refractivity contribution in [3.63, 3.8) is 0 Å². The average Bonchev–Trinajstić information content (AvgIpc) is 2.90. The molecule has 0 amide bonds. The first kappa shape index (κ1) is 36.4. The molecule has 0 heterocycles. The molecule has 3 fully saturated rings. The Morgan fingerprint density at radius 1 is 0.605 bits per heavy atom. The summed E-state index contributed by atoms with van der Waals surface area (Å²) in [5.41, 5.74) is 0.734. The summed E-state index contributed by atoms with van der Waals surface area (Å²) in [7, 11) is 0. The smallest absolute Gasteiger partial charge is 0.310 e. The Morgan fingerprint density at radius 3 is 1.53 bits per heavy atom. The van der Waals surface area contributed by atoms with Crippen LogP contribution in [-0.2, 0) is 19.1 Å². The summed E-state index contributed by atoms with van der Waals surface area (Å²) in [6.45, 7) is 21.9. The molecule has 0 aromatic heterocycles. The molecule has 0 spiro atoms. The number of hydrogen-bond donors (Lipinski definition) is 0. The summed E-state index contributed by atoms with van der Waals surface area (Å²) in [6, 6.07) is 0. The van der Waals surface area contributed by atoms with Gasteiger partial charge in [0.1, 0.15) is 0 Å². The Bertz CT molecular complexity index is 850. The molecule has 0 N–H and O–H groups in total. The maximum Gasteiger partial charge on any atom is 0.310 e. The molecule has 0 aromatic carbocycles. The third-order valence-corrected chi connectivity index (χ3v) is 11.5. The van der Waals surface area contributed by atoms with Crippen molar-refractivity contribution in [2.45, 2.75) is 159 Å². The Labute approximate surface area is 266 Å². The van der Waals surface area contributed by atoms with Crippen LogP contribution in [0.1, 0.15) is 159 Å². The minimum absolute atomic E-state index is 0.146. The van der Waals surface area contributed by atoms with Crippen LogP contribution >= 0.6 is 0 Å². The van der Waals surface area contributed by atoms with Gasteiger partial charge < -0.3 is 9.47 Å². The standard InChI is InChI=1S/C39H70O4/c1-27-17-19-32(30(23-27)14-11-21-38(4,5)6)25-42-36(40)34-16-10-13-29(3)35(34)37(41)43-26-33-20-18-28(2)24-31(33)15-12-22-39(7,8)9/h27-35H,10-26H2,1-9H3. The van der Waals surface area contributed by atoms with Gasteiger partial charge in [-0.2, -0.15) is 0 Å². The van der Waals surface area contributed by atoms with Crippen molar-refractivity contribution < 1.29 is 19.1 Å². The molecule has 0 aromatic rings. The Kier molecular flexibility index (Phi) is 14.0. The first-order chi connectivity index (χ1) is 20.1. The van der Waals surface area contributed by atoms with Crippen molar-refractivity contribution in [3.05, 3.63) is 0 Å². The van der Waals surface area contributed by atoms with Gasteiger partial charge in [0, 0.05) is 0 Å². The largest absolute Gasteiger partial charge is 0.465 e. The van der Waals surface area contributed by atoms with E-state index in [0.717, 1.165) is 43.9 Å². The monoisotopic (exact) mass is 603 g/mol. The molecule has 3 rings (SSSR count). The van der Waals surface area contributed by atoms with E-state index < -0.39 is 0 Å². The second-order valence-electron chi connectivity index (χ2n) is 18.1. The number of ether oxygens (including phenoxy) is 2. The lowest BCUT2D eigenvalue weighted by Gasteiger charge is -2.37. The summed E-state index contributed by atoms with van der Waals surface area (Å²) in [5, 5.41) is 0. The van der Waals surface area contributed by atoms with Crippen LogP contribution in [0.4, 0.5) is 0 Å². The summed E-state index contributed by atoms with van der Waals surface area (Å²) in [4.78, 5) is 27.2. The quantitative estimate of drug-likeness (QED) is 0.209. The van der Waals surface area contributed by atoms with E-state index in [2.05, 4.69) is 62.3 Å². The third-order valence-electron chi connectivity index (χ3n) is 11.5. The molecule has 4 heteroatoms. The van der Waals surface area contributed by atoms with E-state index in [1.807, 2.05) is 0 Å². The first-order valence-electron chi connectivity index (χ1n) is 18.5. The van der Waals surface area contributed by atoms with E-state index in [4.69, 9.17) is 9.47 Å². The summed E-state index contributed by atoms with van der Waals surface area (Å²) >= 11 is 0. The van der Waals surface area contributed by atoms with Gasteiger partial charge in [-0.3, -0.25) is 9.59 Å². The number of hydrogen-bond acceptors (Lipinski definition) is 4. The van der Waals surface area contributed by atoms with Gasteiger partial charge in [-0.05, 0) is 104 Å². The number of carbonyl (C=O) groups excluding carboxylic acids is 2. The highest BCUT2D eigenvalue weighted by Gasteiger charge is 2.43. The van der Waals surface area contributed by atoms with Gasteiger partial charge in [-0.15, -0.1) is 0 Å². The summed E-state index contributed by atoms with van der Waals surface area (Å²) < 4.78 is 12.2. The highest BCUT2D eigenvalue weighted by molar-refractivity contribution is 5.82. The van der Waals surface area contributed by atoms with E-state index in [9.17, 15) is 9.59 Å². The van der Waals surface area contributed by atoms with Crippen LogP contribution in [0.2, 0.25) is 0 Å². The zero-order chi connectivity index (χ0) is 31.8.